The second-order valence-corrected chi connectivity index (χ2v) is 14.8. The normalized spacial score (nSPS) is 11.8. The van der Waals surface area contributed by atoms with Crippen LogP contribution in [0.1, 0.15) is 0 Å². The molecule has 11 aromatic rings. The summed E-state index contributed by atoms with van der Waals surface area (Å²) in [5, 5.41) is 9.77. The van der Waals surface area contributed by atoms with E-state index < -0.39 is 0 Å². The topological polar surface area (TPSA) is 16.4 Å². The molecular weight excluding hydrogens is 663 g/mol. The number of anilines is 3. The highest BCUT2D eigenvalue weighted by molar-refractivity contribution is 7.25. The number of thiophene rings is 1. The van der Waals surface area contributed by atoms with Gasteiger partial charge in [0.2, 0.25) is 0 Å². The molecule has 0 saturated carbocycles. The van der Waals surface area contributed by atoms with E-state index in [1.807, 2.05) is 17.4 Å². The highest BCUT2D eigenvalue weighted by Gasteiger charge is 2.22. The highest BCUT2D eigenvalue weighted by atomic mass is 32.1. The molecule has 0 aliphatic heterocycles. The molecule has 0 aliphatic carbocycles. The fourth-order valence-corrected chi connectivity index (χ4v) is 9.25. The monoisotopic (exact) mass is 693 g/mol. The van der Waals surface area contributed by atoms with Crippen molar-refractivity contribution < 1.29 is 4.42 Å². The quantitative estimate of drug-likeness (QED) is 0.167. The van der Waals surface area contributed by atoms with Crippen LogP contribution in [0.15, 0.2) is 192 Å². The molecule has 2 heterocycles. The van der Waals surface area contributed by atoms with Gasteiger partial charge in [-0.1, -0.05) is 133 Å². The van der Waals surface area contributed by atoms with Crippen molar-refractivity contribution in [1.29, 1.82) is 0 Å². The summed E-state index contributed by atoms with van der Waals surface area (Å²) in [7, 11) is 0. The maximum atomic E-state index is 6.74. The summed E-state index contributed by atoms with van der Waals surface area (Å²) in [6, 6.07) is 68.0. The van der Waals surface area contributed by atoms with Crippen LogP contribution in [0, 0.1) is 0 Å². The molecule has 248 valence electrons. The molecule has 0 radical (unpaired) electrons. The number of fused-ring (bicyclic) bond motifs is 9. The number of para-hydroxylation sites is 1. The van der Waals surface area contributed by atoms with E-state index in [0.717, 1.165) is 50.1 Å². The smallest absolute Gasteiger partial charge is 0.145 e. The molecule has 0 amide bonds. The third kappa shape index (κ3) is 4.86. The summed E-state index contributed by atoms with van der Waals surface area (Å²) in [4.78, 5) is 2.40. The number of rotatable bonds is 5. The Balaban J connectivity index is 1.13. The molecular formula is C50H31NOS. The standard InChI is InChI=1S/C50H31NOS/c1-2-10-33(11-3-1)40-28-29-45(49-43-15-6-8-16-46(43)52-50(40)49)51(38-26-22-35-19-18-34-12-4-5-13-39(34)44(35)31-38)37-24-20-32(21-25-37)36-23-27-42-41-14-7-9-17-47(41)53-48(42)30-36/h1-31H. The summed E-state index contributed by atoms with van der Waals surface area (Å²) >= 11 is 1.86. The van der Waals surface area contributed by atoms with Crippen molar-refractivity contribution in [2.75, 3.05) is 4.90 Å². The van der Waals surface area contributed by atoms with Crippen molar-refractivity contribution in [3.05, 3.63) is 188 Å². The van der Waals surface area contributed by atoms with E-state index >= 15 is 0 Å². The SMILES string of the molecule is c1ccc(-c2ccc(N(c3ccc(-c4ccc5c(c4)sc4ccccc45)cc3)c3ccc4ccc5ccccc5c4c3)c3c2oc2ccccc23)cc1. The minimum Gasteiger partial charge on any atom is -0.455 e. The van der Waals surface area contributed by atoms with Gasteiger partial charge in [-0.25, -0.2) is 0 Å². The van der Waals surface area contributed by atoms with E-state index in [4.69, 9.17) is 4.42 Å². The molecule has 11 rings (SSSR count). The van der Waals surface area contributed by atoms with Crippen LogP contribution in [0.25, 0.3) is 85.9 Å². The van der Waals surface area contributed by atoms with Crippen LogP contribution in [0.2, 0.25) is 0 Å². The lowest BCUT2D eigenvalue weighted by Crippen LogP contribution is -2.10. The van der Waals surface area contributed by atoms with Crippen molar-refractivity contribution in [1.82, 2.24) is 0 Å². The average Bonchev–Trinajstić information content (AvgIpc) is 3.80. The van der Waals surface area contributed by atoms with E-state index in [2.05, 4.69) is 187 Å². The van der Waals surface area contributed by atoms with Gasteiger partial charge >= 0.3 is 0 Å². The first-order chi connectivity index (χ1) is 26.3. The van der Waals surface area contributed by atoms with E-state index in [0.29, 0.717) is 0 Å². The lowest BCUT2D eigenvalue weighted by atomic mass is 9.98. The molecule has 2 nitrogen and oxygen atoms in total. The van der Waals surface area contributed by atoms with E-state index in [1.165, 1.54) is 52.8 Å². The molecule has 2 aromatic heterocycles. The van der Waals surface area contributed by atoms with E-state index in [1.54, 1.807) is 0 Å². The minimum absolute atomic E-state index is 0.878. The summed E-state index contributed by atoms with van der Waals surface area (Å²) in [6.07, 6.45) is 0. The van der Waals surface area contributed by atoms with Crippen LogP contribution in [-0.4, -0.2) is 0 Å². The van der Waals surface area contributed by atoms with Gasteiger partial charge < -0.3 is 9.32 Å². The number of furan rings is 1. The minimum atomic E-state index is 0.878. The van der Waals surface area contributed by atoms with Gasteiger partial charge in [0.05, 0.1) is 11.1 Å². The first-order valence-electron chi connectivity index (χ1n) is 18.0. The van der Waals surface area contributed by atoms with Crippen LogP contribution in [0.4, 0.5) is 17.1 Å². The third-order valence-corrected chi connectivity index (χ3v) is 11.8. The van der Waals surface area contributed by atoms with Gasteiger partial charge in [-0.05, 0) is 92.8 Å². The predicted molar refractivity (Wildman–Crippen MR) is 227 cm³/mol. The van der Waals surface area contributed by atoms with Crippen LogP contribution in [0.3, 0.4) is 0 Å². The van der Waals surface area contributed by atoms with Gasteiger partial charge in [-0.3, -0.25) is 0 Å². The summed E-state index contributed by atoms with van der Waals surface area (Å²) in [6.45, 7) is 0. The number of benzene rings is 9. The maximum absolute atomic E-state index is 6.74. The van der Waals surface area contributed by atoms with Crippen LogP contribution >= 0.6 is 11.3 Å². The molecule has 9 aromatic carbocycles. The Morgan fingerprint density at radius 1 is 0.396 bits per heavy atom. The molecule has 0 atom stereocenters. The fraction of sp³-hybridized carbons (Fsp3) is 0. The van der Waals surface area contributed by atoms with Gasteiger partial charge in [0.25, 0.3) is 0 Å². The van der Waals surface area contributed by atoms with Crippen LogP contribution in [-0.2, 0) is 0 Å². The third-order valence-electron chi connectivity index (χ3n) is 10.7. The lowest BCUT2D eigenvalue weighted by molar-refractivity contribution is 0.670. The van der Waals surface area contributed by atoms with Crippen molar-refractivity contribution in [3.63, 3.8) is 0 Å². The summed E-state index contributed by atoms with van der Waals surface area (Å²) < 4.78 is 9.37. The zero-order valence-electron chi connectivity index (χ0n) is 28.7. The summed E-state index contributed by atoms with van der Waals surface area (Å²) in [5.41, 5.74) is 9.63. The second kappa shape index (κ2) is 11.9. The molecule has 0 N–H and O–H groups in total. The lowest BCUT2D eigenvalue weighted by Gasteiger charge is -2.27. The van der Waals surface area contributed by atoms with Gasteiger partial charge in [0.1, 0.15) is 11.2 Å². The Morgan fingerprint density at radius 2 is 1.06 bits per heavy atom. The zero-order valence-corrected chi connectivity index (χ0v) is 29.5. The number of hydrogen-bond donors (Lipinski definition) is 0. The Hall–Kier alpha value is -6.68. The molecule has 0 bridgehead atoms. The number of nitrogens with zero attached hydrogens (tertiary/aromatic N) is 1. The second-order valence-electron chi connectivity index (χ2n) is 13.7. The Bertz CT molecular complexity index is 3170. The average molecular weight is 694 g/mol. The summed E-state index contributed by atoms with van der Waals surface area (Å²) in [5.74, 6) is 0. The van der Waals surface area contributed by atoms with Crippen molar-refractivity contribution in [2.24, 2.45) is 0 Å². The van der Waals surface area contributed by atoms with Crippen LogP contribution < -0.4 is 4.90 Å². The molecule has 3 heteroatoms. The van der Waals surface area contributed by atoms with Crippen molar-refractivity contribution in [3.8, 4) is 22.3 Å². The van der Waals surface area contributed by atoms with Crippen LogP contribution in [0.5, 0.6) is 0 Å². The van der Waals surface area contributed by atoms with Gasteiger partial charge in [0, 0.05) is 42.5 Å². The fourth-order valence-electron chi connectivity index (χ4n) is 8.11. The molecule has 0 spiro atoms. The van der Waals surface area contributed by atoms with E-state index in [-0.39, 0.29) is 0 Å². The van der Waals surface area contributed by atoms with Crippen molar-refractivity contribution in [2.45, 2.75) is 0 Å². The molecule has 53 heavy (non-hydrogen) atoms. The van der Waals surface area contributed by atoms with Gasteiger partial charge in [-0.15, -0.1) is 11.3 Å². The highest BCUT2D eigenvalue weighted by Crippen LogP contribution is 2.47. The Kier molecular flexibility index (Phi) is 6.76. The van der Waals surface area contributed by atoms with Gasteiger partial charge in [0.15, 0.2) is 0 Å². The van der Waals surface area contributed by atoms with Gasteiger partial charge in [-0.2, -0.15) is 0 Å². The molecule has 0 fully saturated rings. The predicted octanol–water partition coefficient (Wildman–Crippen LogP) is 15.1. The Labute approximate surface area is 310 Å². The zero-order chi connectivity index (χ0) is 34.9. The van der Waals surface area contributed by atoms with Crippen molar-refractivity contribution >= 4 is 92.1 Å². The molecule has 0 saturated heterocycles. The molecule has 0 unspecified atom stereocenters. The number of hydrogen-bond acceptors (Lipinski definition) is 3. The first kappa shape index (κ1) is 30.0. The molecule has 0 aliphatic rings. The largest absolute Gasteiger partial charge is 0.455 e. The first-order valence-corrected chi connectivity index (χ1v) is 18.8. The maximum Gasteiger partial charge on any atom is 0.145 e. The Morgan fingerprint density at radius 3 is 1.92 bits per heavy atom. The van der Waals surface area contributed by atoms with E-state index in [9.17, 15) is 0 Å².